The van der Waals surface area contributed by atoms with Crippen molar-refractivity contribution in [1.82, 2.24) is 9.55 Å². The second-order valence-corrected chi connectivity index (χ2v) is 5.09. The summed E-state index contributed by atoms with van der Waals surface area (Å²) in [5.74, 6) is 1.53. The summed E-state index contributed by atoms with van der Waals surface area (Å²) >= 11 is 0. The second kappa shape index (κ2) is 4.37. The van der Waals surface area contributed by atoms with Gasteiger partial charge in [0.2, 0.25) is 0 Å². The third-order valence-electron chi connectivity index (χ3n) is 3.81. The molecule has 0 aliphatic carbocycles. The number of imidazole rings is 1. The van der Waals surface area contributed by atoms with Crippen molar-refractivity contribution in [2.24, 2.45) is 12.8 Å². The van der Waals surface area contributed by atoms with Crippen LogP contribution in [-0.2, 0) is 18.3 Å². The zero-order chi connectivity index (χ0) is 12.7. The van der Waals surface area contributed by atoms with Gasteiger partial charge in [-0.15, -0.1) is 0 Å². The molecule has 1 saturated heterocycles. The van der Waals surface area contributed by atoms with Gasteiger partial charge in [0.25, 0.3) is 0 Å². The molecule has 1 aliphatic heterocycles. The first kappa shape index (κ1) is 11.7. The molecule has 0 saturated carbocycles. The minimum atomic E-state index is 0.337. The van der Waals surface area contributed by atoms with Crippen LogP contribution in [0.2, 0.25) is 0 Å². The van der Waals surface area contributed by atoms with Gasteiger partial charge >= 0.3 is 0 Å². The number of nitrogens with zero attached hydrogens (tertiary/aromatic N) is 2. The number of benzene rings is 1. The Morgan fingerprint density at radius 1 is 1.50 bits per heavy atom. The van der Waals surface area contributed by atoms with Crippen LogP contribution in [0.25, 0.3) is 11.0 Å². The lowest BCUT2D eigenvalue weighted by atomic mass is 10.1. The summed E-state index contributed by atoms with van der Waals surface area (Å²) in [7, 11) is 2.08. The molecule has 2 aromatic rings. The van der Waals surface area contributed by atoms with Crippen LogP contribution in [0.5, 0.6) is 0 Å². The van der Waals surface area contributed by atoms with Crippen molar-refractivity contribution in [3.63, 3.8) is 0 Å². The summed E-state index contributed by atoms with van der Waals surface area (Å²) in [5.41, 5.74) is 9.09. The Bertz CT molecular complexity index is 576. The lowest BCUT2D eigenvalue weighted by Crippen LogP contribution is -2.06. The molecule has 0 bridgehead atoms. The molecule has 1 aromatic heterocycles. The Labute approximate surface area is 107 Å². The highest BCUT2D eigenvalue weighted by Gasteiger charge is 2.27. The molecule has 2 heterocycles. The smallest absolute Gasteiger partial charge is 0.115 e. The molecule has 96 valence electrons. The Morgan fingerprint density at radius 3 is 3.00 bits per heavy atom. The van der Waals surface area contributed by atoms with Crippen molar-refractivity contribution in [3.8, 4) is 0 Å². The number of aromatic nitrogens is 2. The molecular formula is C14H19N3O. The van der Waals surface area contributed by atoms with E-state index >= 15 is 0 Å². The molecule has 2 N–H and O–H groups in total. The van der Waals surface area contributed by atoms with E-state index in [9.17, 15) is 0 Å². The highest BCUT2D eigenvalue weighted by Crippen LogP contribution is 2.31. The van der Waals surface area contributed by atoms with E-state index in [1.807, 2.05) is 12.1 Å². The van der Waals surface area contributed by atoms with Crippen molar-refractivity contribution >= 4 is 11.0 Å². The number of rotatable bonds is 2. The van der Waals surface area contributed by atoms with Gasteiger partial charge in [-0.2, -0.15) is 0 Å². The molecule has 1 aliphatic rings. The second-order valence-electron chi connectivity index (χ2n) is 5.09. The lowest BCUT2D eigenvalue weighted by molar-refractivity contribution is 0.123. The summed E-state index contributed by atoms with van der Waals surface area (Å²) in [6.45, 7) is 3.43. The first-order chi connectivity index (χ1) is 8.70. The van der Waals surface area contributed by atoms with Crippen molar-refractivity contribution in [2.75, 3.05) is 6.61 Å². The van der Waals surface area contributed by atoms with Gasteiger partial charge in [-0.1, -0.05) is 12.1 Å². The number of hydrogen-bond acceptors (Lipinski definition) is 3. The average molecular weight is 245 g/mol. The Morgan fingerprint density at radius 2 is 2.33 bits per heavy atom. The maximum Gasteiger partial charge on any atom is 0.115 e. The normalized spacial score (nSPS) is 23.9. The molecule has 4 heteroatoms. The Hall–Kier alpha value is -1.39. The van der Waals surface area contributed by atoms with Gasteiger partial charge in [0.15, 0.2) is 0 Å². The molecule has 18 heavy (non-hydrogen) atoms. The van der Waals surface area contributed by atoms with Gasteiger partial charge in [0.1, 0.15) is 5.82 Å². The Kier molecular flexibility index (Phi) is 2.84. The number of ether oxygens (including phenoxy) is 1. The van der Waals surface area contributed by atoms with E-state index in [1.54, 1.807) is 0 Å². The topological polar surface area (TPSA) is 53.1 Å². The molecular weight excluding hydrogens is 226 g/mol. The van der Waals surface area contributed by atoms with Crippen LogP contribution in [0.4, 0.5) is 0 Å². The number of aryl methyl sites for hydroxylation is 1. The standard InChI is InChI=1S/C14H19N3O/c1-9-6-11(8-18-9)14-16-13-10(7-15)4-3-5-12(13)17(14)2/h3-5,9,11H,6-8,15H2,1-2H3. The van der Waals surface area contributed by atoms with Gasteiger partial charge in [0, 0.05) is 19.5 Å². The van der Waals surface area contributed by atoms with Gasteiger partial charge < -0.3 is 15.0 Å². The van der Waals surface area contributed by atoms with Crippen molar-refractivity contribution in [3.05, 3.63) is 29.6 Å². The quantitative estimate of drug-likeness (QED) is 0.879. The monoisotopic (exact) mass is 245 g/mol. The predicted octanol–water partition coefficient (Wildman–Crippen LogP) is 1.92. The first-order valence-corrected chi connectivity index (χ1v) is 6.46. The number of hydrogen-bond donors (Lipinski definition) is 1. The molecule has 0 amide bonds. The highest BCUT2D eigenvalue weighted by atomic mass is 16.5. The minimum Gasteiger partial charge on any atom is -0.378 e. The fourth-order valence-corrected chi connectivity index (χ4v) is 2.82. The van der Waals surface area contributed by atoms with E-state index in [2.05, 4.69) is 24.6 Å². The molecule has 2 atom stereocenters. The fraction of sp³-hybridized carbons (Fsp3) is 0.500. The average Bonchev–Trinajstić information content (AvgIpc) is 2.94. The third-order valence-corrected chi connectivity index (χ3v) is 3.81. The van der Waals surface area contributed by atoms with Gasteiger partial charge in [0.05, 0.1) is 23.7 Å². The molecule has 1 aromatic carbocycles. The molecule has 0 spiro atoms. The van der Waals surface area contributed by atoms with Crippen molar-refractivity contribution < 1.29 is 4.74 Å². The van der Waals surface area contributed by atoms with Crippen LogP contribution in [0, 0.1) is 0 Å². The van der Waals surface area contributed by atoms with Crippen molar-refractivity contribution in [2.45, 2.75) is 31.9 Å². The van der Waals surface area contributed by atoms with Crippen LogP contribution in [0.15, 0.2) is 18.2 Å². The van der Waals surface area contributed by atoms with Gasteiger partial charge in [-0.3, -0.25) is 0 Å². The van der Waals surface area contributed by atoms with Crippen LogP contribution >= 0.6 is 0 Å². The summed E-state index contributed by atoms with van der Waals surface area (Å²) in [6.07, 6.45) is 1.39. The van der Waals surface area contributed by atoms with E-state index in [0.717, 1.165) is 35.4 Å². The number of fused-ring (bicyclic) bond motifs is 1. The van der Waals surface area contributed by atoms with Crippen LogP contribution in [0.1, 0.15) is 30.7 Å². The highest BCUT2D eigenvalue weighted by molar-refractivity contribution is 5.79. The lowest BCUT2D eigenvalue weighted by Gasteiger charge is -2.07. The Balaban J connectivity index is 2.11. The molecule has 3 rings (SSSR count). The fourth-order valence-electron chi connectivity index (χ4n) is 2.82. The maximum absolute atomic E-state index is 5.78. The molecule has 2 unspecified atom stereocenters. The van der Waals surface area contributed by atoms with Gasteiger partial charge in [-0.05, 0) is 25.0 Å². The number of para-hydroxylation sites is 1. The predicted molar refractivity (Wildman–Crippen MR) is 71.4 cm³/mol. The maximum atomic E-state index is 5.78. The summed E-state index contributed by atoms with van der Waals surface area (Å²) in [4.78, 5) is 4.80. The van der Waals surface area contributed by atoms with Crippen LogP contribution in [0.3, 0.4) is 0 Å². The van der Waals surface area contributed by atoms with Crippen LogP contribution < -0.4 is 5.73 Å². The zero-order valence-corrected chi connectivity index (χ0v) is 10.9. The number of nitrogens with two attached hydrogens (primary N) is 1. The summed E-state index contributed by atoms with van der Waals surface area (Å²) in [5, 5.41) is 0. The largest absolute Gasteiger partial charge is 0.378 e. The van der Waals surface area contributed by atoms with E-state index in [0.29, 0.717) is 18.6 Å². The third kappa shape index (κ3) is 1.72. The van der Waals surface area contributed by atoms with E-state index in [1.165, 1.54) is 0 Å². The summed E-state index contributed by atoms with van der Waals surface area (Å²) in [6, 6.07) is 6.20. The first-order valence-electron chi connectivity index (χ1n) is 6.46. The van der Waals surface area contributed by atoms with E-state index < -0.39 is 0 Å². The van der Waals surface area contributed by atoms with E-state index in [4.69, 9.17) is 15.5 Å². The zero-order valence-electron chi connectivity index (χ0n) is 10.9. The van der Waals surface area contributed by atoms with Crippen LogP contribution in [-0.4, -0.2) is 22.3 Å². The molecule has 4 nitrogen and oxygen atoms in total. The SMILES string of the molecule is CC1CC(c2nc3c(CN)cccc3n2C)CO1. The van der Waals surface area contributed by atoms with Gasteiger partial charge in [-0.25, -0.2) is 4.98 Å². The molecule has 1 fully saturated rings. The summed E-state index contributed by atoms with van der Waals surface area (Å²) < 4.78 is 7.83. The van der Waals surface area contributed by atoms with Crippen molar-refractivity contribution in [1.29, 1.82) is 0 Å². The van der Waals surface area contributed by atoms with E-state index in [-0.39, 0.29) is 0 Å². The molecule has 0 radical (unpaired) electrons. The minimum absolute atomic E-state index is 0.337.